The van der Waals surface area contributed by atoms with Crippen molar-refractivity contribution in [3.63, 3.8) is 0 Å². The molecule has 3 N–H and O–H groups in total. The lowest BCUT2D eigenvalue weighted by Gasteiger charge is -2.63. The van der Waals surface area contributed by atoms with Gasteiger partial charge in [0, 0.05) is 35.2 Å². The number of aliphatic hydroxyl groups is 2. The number of nitrogens with zero attached hydrogens (tertiary/aromatic N) is 1. The van der Waals surface area contributed by atoms with Crippen molar-refractivity contribution < 1.29 is 42.8 Å². The highest BCUT2D eigenvalue weighted by atomic mass is 33.1. The van der Waals surface area contributed by atoms with Gasteiger partial charge >= 0.3 is 6.09 Å². The molecule has 0 spiro atoms. The summed E-state index contributed by atoms with van der Waals surface area (Å²) in [6.07, 6.45) is 0.741. The van der Waals surface area contributed by atoms with Gasteiger partial charge in [-0.2, -0.15) is 0 Å². The molecule has 6 rings (SSSR count). The molecule has 2 heterocycles. The predicted molar refractivity (Wildman–Crippen MR) is 169 cm³/mol. The largest absolute Gasteiger partial charge is 0.441 e. The van der Waals surface area contributed by atoms with Gasteiger partial charge in [0.2, 0.25) is 5.78 Å². The number of nitrogens with one attached hydrogen (secondary N) is 1. The second kappa shape index (κ2) is 12.8. The Kier molecular flexibility index (Phi) is 9.40. The number of carbonyl (C=O) groups excluding carboxylic acids is 2. The van der Waals surface area contributed by atoms with Gasteiger partial charge in [-0.25, -0.2) is 18.6 Å². The van der Waals surface area contributed by atoms with Crippen molar-refractivity contribution in [2.45, 2.75) is 99.9 Å². The zero-order valence-electron chi connectivity index (χ0n) is 26.2. The number of Topliss-reactive ketones (excluding diaryl/α,β-unsaturated/α-hetero) is 1. The van der Waals surface area contributed by atoms with Crippen molar-refractivity contribution in [1.82, 2.24) is 10.3 Å². The molecular formula is C33H42F2N2O7S2. The van der Waals surface area contributed by atoms with Crippen LogP contribution in [0.5, 0.6) is 0 Å². The first-order valence-electron chi connectivity index (χ1n) is 16.0. The number of aromatic nitrogens is 1. The van der Waals surface area contributed by atoms with E-state index in [-0.39, 0.29) is 24.8 Å². The summed E-state index contributed by atoms with van der Waals surface area (Å²) in [6, 6.07) is 5.62. The number of ketones is 1. The van der Waals surface area contributed by atoms with Crippen LogP contribution >= 0.6 is 21.6 Å². The maximum Gasteiger partial charge on any atom is 0.407 e. The Morgan fingerprint density at radius 3 is 2.76 bits per heavy atom. The summed E-state index contributed by atoms with van der Waals surface area (Å²) in [4.78, 5) is 31.0. The number of alkyl halides is 2. The Bertz CT molecular complexity index is 1390. The van der Waals surface area contributed by atoms with Crippen LogP contribution in [0.1, 0.15) is 52.9 Å². The van der Waals surface area contributed by atoms with Crippen LogP contribution in [0.3, 0.4) is 0 Å². The van der Waals surface area contributed by atoms with Gasteiger partial charge in [-0.05, 0) is 73.1 Å². The van der Waals surface area contributed by atoms with E-state index in [2.05, 4.69) is 10.3 Å². The number of amides is 1. The summed E-state index contributed by atoms with van der Waals surface area (Å²) >= 11 is 0. The predicted octanol–water partition coefficient (Wildman–Crippen LogP) is 5.12. The third-order valence-electron chi connectivity index (χ3n) is 11.0. The Morgan fingerprint density at radius 1 is 1.22 bits per heavy atom. The number of allylic oxidation sites excluding steroid dienone is 2. The number of carbonyl (C=O) groups is 2. The number of hydrogen-bond donors (Lipinski definition) is 3. The Balaban J connectivity index is 1.19. The number of alkyl carbamates (subject to hydrolysis) is 1. The maximum absolute atomic E-state index is 17.6. The molecule has 11 atom stereocenters. The maximum atomic E-state index is 17.6. The molecule has 1 aromatic heterocycles. The summed E-state index contributed by atoms with van der Waals surface area (Å²) in [6.45, 7) is 5.05. The zero-order chi connectivity index (χ0) is 32.9. The average Bonchev–Trinajstić information content (AvgIpc) is 3.51. The number of pyridine rings is 1. The summed E-state index contributed by atoms with van der Waals surface area (Å²) in [5, 5.41) is 25.4. The number of rotatable bonds is 10. The molecule has 252 valence electrons. The topological polar surface area (TPSA) is 127 Å². The van der Waals surface area contributed by atoms with Crippen molar-refractivity contribution in [2.24, 2.45) is 22.7 Å². The molecule has 13 heteroatoms. The second-order valence-electron chi connectivity index (χ2n) is 13.4. The highest BCUT2D eigenvalue weighted by Gasteiger charge is 2.80. The first-order valence-corrected chi connectivity index (χ1v) is 18.3. The molecule has 9 nitrogen and oxygen atoms in total. The first kappa shape index (κ1) is 33.9. The van der Waals surface area contributed by atoms with Crippen LogP contribution in [-0.4, -0.2) is 88.0 Å². The van der Waals surface area contributed by atoms with E-state index in [1.165, 1.54) is 39.8 Å². The van der Waals surface area contributed by atoms with Gasteiger partial charge in [-0.15, -0.1) is 0 Å². The van der Waals surface area contributed by atoms with Crippen LogP contribution in [0, 0.1) is 22.7 Å². The molecule has 1 aliphatic heterocycles. The van der Waals surface area contributed by atoms with E-state index >= 15 is 8.78 Å². The minimum Gasteiger partial charge on any atom is -0.441 e. The van der Waals surface area contributed by atoms with E-state index in [0.717, 1.165) is 11.4 Å². The van der Waals surface area contributed by atoms with Crippen molar-refractivity contribution in [1.29, 1.82) is 0 Å². The van der Waals surface area contributed by atoms with Gasteiger partial charge in [0.15, 0.2) is 24.2 Å². The molecule has 1 amide bonds. The third-order valence-corrected chi connectivity index (χ3v) is 13.3. The van der Waals surface area contributed by atoms with Gasteiger partial charge in [-0.1, -0.05) is 49.3 Å². The average molecular weight is 681 g/mol. The minimum absolute atomic E-state index is 0.136. The number of fused-ring (bicyclic) bond motifs is 7. The SMILES string of the molecule is CCCC1O[C@@H]2CC3[C@@H]4C[C@H](F)C5=CC(O)C=C[C@]5(C)[C@@]4(F)[C@@H](O)C[C@]3(C)[C@]2(C(=O)COC(=O)NCCSSc2ccccn2)O1. The molecule has 3 unspecified atom stereocenters. The van der Waals surface area contributed by atoms with Gasteiger partial charge in [0.1, 0.15) is 11.2 Å². The van der Waals surface area contributed by atoms with E-state index in [0.29, 0.717) is 18.7 Å². The fraction of sp³-hybridized carbons (Fsp3) is 0.667. The molecule has 0 aromatic carbocycles. The Hall–Kier alpha value is -2.03. The fourth-order valence-electron chi connectivity index (χ4n) is 8.99. The molecule has 0 bridgehead atoms. The fourth-order valence-corrected chi connectivity index (χ4v) is 10.8. The van der Waals surface area contributed by atoms with E-state index in [9.17, 15) is 19.8 Å². The lowest BCUT2D eigenvalue weighted by atomic mass is 9.44. The first-order chi connectivity index (χ1) is 21.9. The standard InChI is InChI=1S/C33H42F2N2O7S2/c1-4-7-28-43-26-16-20-21-15-23(34)22-14-19(38)9-10-30(22,2)32(21,35)24(39)17-31(20,3)33(26,44-28)25(40)18-42-29(41)37-12-13-45-46-27-8-5-6-11-36-27/h5-6,8-11,14,19-21,23-24,26,28,38-39H,4,7,12-13,15-18H2,1-3H3,(H,37,41)/t19?,20?,21-,23-,24-,26+,28?,30-,31-,32-,33+/m0/s1. The molecule has 5 aliphatic rings. The lowest BCUT2D eigenvalue weighted by molar-refractivity contribution is -0.234. The molecule has 1 saturated heterocycles. The molecule has 46 heavy (non-hydrogen) atoms. The van der Waals surface area contributed by atoms with Crippen LogP contribution in [0.25, 0.3) is 0 Å². The summed E-state index contributed by atoms with van der Waals surface area (Å²) in [5.41, 5.74) is -6.35. The quantitative estimate of drug-likeness (QED) is 0.174. The minimum atomic E-state index is -2.25. The van der Waals surface area contributed by atoms with Gasteiger partial charge in [-0.3, -0.25) is 4.79 Å². The van der Waals surface area contributed by atoms with Gasteiger partial charge < -0.3 is 29.7 Å². The van der Waals surface area contributed by atoms with E-state index in [1.807, 2.05) is 25.1 Å². The molecule has 3 saturated carbocycles. The van der Waals surface area contributed by atoms with E-state index in [4.69, 9.17) is 14.2 Å². The smallest absolute Gasteiger partial charge is 0.407 e. The zero-order valence-corrected chi connectivity index (χ0v) is 27.8. The number of hydrogen-bond acceptors (Lipinski definition) is 10. The van der Waals surface area contributed by atoms with Crippen molar-refractivity contribution in [3.8, 4) is 0 Å². The van der Waals surface area contributed by atoms with E-state index in [1.54, 1.807) is 20.0 Å². The van der Waals surface area contributed by atoms with Crippen LogP contribution in [0.2, 0.25) is 0 Å². The van der Waals surface area contributed by atoms with Gasteiger partial charge in [0.25, 0.3) is 0 Å². The van der Waals surface area contributed by atoms with Gasteiger partial charge in [0.05, 0.1) is 18.3 Å². The van der Waals surface area contributed by atoms with Crippen molar-refractivity contribution >= 4 is 33.5 Å². The highest BCUT2D eigenvalue weighted by Crippen LogP contribution is 2.72. The van der Waals surface area contributed by atoms with E-state index < -0.39 is 83.2 Å². The normalized spacial score (nSPS) is 42.3. The molecule has 4 fully saturated rings. The van der Waals surface area contributed by atoms with Crippen LogP contribution < -0.4 is 5.32 Å². The Morgan fingerprint density at radius 2 is 2.02 bits per heavy atom. The molecule has 4 aliphatic carbocycles. The highest BCUT2D eigenvalue weighted by molar-refractivity contribution is 8.76. The van der Waals surface area contributed by atoms with Crippen LogP contribution in [0.15, 0.2) is 53.2 Å². The summed E-state index contributed by atoms with van der Waals surface area (Å²) in [7, 11) is 3.00. The third kappa shape index (κ3) is 5.24. The lowest BCUT2D eigenvalue weighted by Crippen LogP contribution is -2.71. The second-order valence-corrected chi connectivity index (χ2v) is 15.9. The Labute approximate surface area is 275 Å². The summed E-state index contributed by atoms with van der Waals surface area (Å²) in [5.74, 6) is -1.47. The van der Waals surface area contributed by atoms with Crippen LogP contribution in [0.4, 0.5) is 13.6 Å². The number of ether oxygens (including phenoxy) is 3. The van der Waals surface area contributed by atoms with Crippen molar-refractivity contribution in [3.05, 3.63) is 48.2 Å². The number of halogens is 2. The monoisotopic (exact) mass is 680 g/mol. The molecule has 1 aromatic rings. The van der Waals surface area contributed by atoms with Crippen molar-refractivity contribution in [2.75, 3.05) is 18.9 Å². The molecular weight excluding hydrogens is 639 g/mol. The van der Waals surface area contributed by atoms with Crippen LogP contribution in [-0.2, 0) is 19.0 Å². The molecule has 0 radical (unpaired) electrons. The number of aliphatic hydroxyl groups excluding tert-OH is 2. The summed E-state index contributed by atoms with van der Waals surface area (Å²) < 4.78 is 51.7.